The van der Waals surface area contributed by atoms with Gasteiger partial charge in [0.15, 0.2) is 0 Å². The van der Waals surface area contributed by atoms with Gasteiger partial charge in [-0.2, -0.15) is 0 Å². The summed E-state index contributed by atoms with van der Waals surface area (Å²) in [5, 5.41) is 1.84. The van der Waals surface area contributed by atoms with Crippen LogP contribution in [0.2, 0.25) is 5.02 Å². The molecule has 0 aliphatic carbocycles. The van der Waals surface area contributed by atoms with Crippen molar-refractivity contribution in [3.8, 4) is 0 Å². The Morgan fingerprint density at radius 3 is 2.63 bits per heavy atom. The summed E-state index contributed by atoms with van der Waals surface area (Å²) < 4.78 is 20.0. The number of primary amides is 1. The molecule has 1 unspecified atom stereocenters. The second-order valence-electron chi connectivity index (χ2n) is 6.62. The first-order chi connectivity index (χ1) is 12.8. The van der Waals surface area contributed by atoms with E-state index >= 15 is 0 Å². The van der Waals surface area contributed by atoms with E-state index in [1.807, 2.05) is 18.2 Å². The summed E-state index contributed by atoms with van der Waals surface area (Å²) in [6, 6.07) is 12.6. The SMILES string of the molecule is CCOP(=O)(c1cccc(C(C)C)c1)c1c(C(N)=O)[nH]c2ccc(Cl)cc12. The first-order valence-corrected chi connectivity index (χ1v) is 10.7. The molecule has 0 aliphatic heterocycles. The molecule has 142 valence electrons. The van der Waals surface area contributed by atoms with Crippen molar-refractivity contribution in [2.75, 3.05) is 6.61 Å². The van der Waals surface area contributed by atoms with Crippen LogP contribution in [-0.2, 0) is 9.09 Å². The van der Waals surface area contributed by atoms with Crippen molar-refractivity contribution < 1.29 is 13.9 Å². The lowest BCUT2D eigenvalue weighted by Crippen LogP contribution is -2.26. The van der Waals surface area contributed by atoms with Gasteiger partial charge in [0, 0.05) is 21.2 Å². The maximum Gasteiger partial charge on any atom is 0.266 e. The number of fused-ring (bicyclic) bond motifs is 1. The molecule has 0 radical (unpaired) electrons. The van der Waals surface area contributed by atoms with Gasteiger partial charge in [-0.3, -0.25) is 9.36 Å². The molecule has 3 aromatic rings. The van der Waals surface area contributed by atoms with E-state index in [-0.39, 0.29) is 23.5 Å². The Balaban J connectivity index is 2.37. The molecule has 5 nitrogen and oxygen atoms in total. The molecular formula is C20H22ClN2O3P. The largest absolute Gasteiger partial charge is 0.364 e. The summed E-state index contributed by atoms with van der Waals surface area (Å²) in [5.41, 5.74) is 7.33. The summed E-state index contributed by atoms with van der Waals surface area (Å²) >= 11 is 6.16. The third-order valence-electron chi connectivity index (χ3n) is 4.46. The molecule has 3 rings (SSSR count). The average molecular weight is 405 g/mol. The Morgan fingerprint density at radius 1 is 1.26 bits per heavy atom. The van der Waals surface area contributed by atoms with E-state index in [1.165, 1.54) is 0 Å². The maximum absolute atomic E-state index is 14.2. The van der Waals surface area contributed by atoms with Crippen molar-refractivity contribution in [2.24, 2.45) is 5.73 Å². The van der Waals surface area contributed by atoms with Gasteiger partial charge in [0.05, 0.1) is 11.9 Å². The Labute approximate surface area is 163 Å². The first-order valence-electron chi connectivity index (χ1n) is 8.74. The highest BCUT2D eigenvalue weighted by Crippen LogP contribution is 2.48. The number of amides is 1. The second kappa shape index (κ2) is 7.51. The smallest absolute Gasteiger partial charge is 0.266 e. The number of benzene rings is 2. The van der Waals surface area contributed by atoms with Gasteiger partial charge >= 0.3 is 0 Å². The predicted molar refractivity (Wildman–Crippen MR) is 111 cm³/mol. The number of carbonyl (C=O) groups is 1. The summed E-state index contributed by atoms with van der Waals surface area (Å²) in [6.45, 7) is 6.11. The molecule has 27 heavy (non-hydrogen) atoms. The van der Waals surface area contributed by atoms with Crippen LogP contribution in [0.15, 0.2) is 42.5 Å². The van der Waals surface area contributed by atoms with Gasteiger partial charge in [-0.05, 0) is 48.7 Å². The number of nitrogens with one attached hydrogen (secondary N) is 1. The minimum Gasteiger partial charge on any atom is -0.364 e. The van der Waals surface area contributed by atoms with Crippen LogP contribution in [0.3, 0.4) is 0 Å². The third kappa shape index (κ3) is 3.55. The number of carbonyl (C=O) groups excluding carboxylic acids is 1. The van der Waals surface area contributed by atoms with Gasteiger partial charge < -0.3 is 15.2 Å². The molecule has 0 bridgehead atoms. The van der Waals surface area contributed by atoms with E-state index in [0.717, 1.165) is 5.56 Å². The molecule has 1 heterocycles. The monoisotopic (exact) mass is 404 g/mol. The molecule has 0 aliphatic rings. The van der Waals surface area contributed by atoms with Gasteiger partial charge in [-0.1, -0.05) is 37.6 Å². The Bertz CT molecular complexity index is 1060. The van der Waals surface area contributed by atoms with Crippen molar-refractivity contribution in [2.45, 2.75) is 26.7 Å². The average Bonchev–Trinajstić information content (AvgIpc) is 3.01. The standard InChI is InChI=1S/C20H22ClN2O3P/c1-4-26-27(25,15-7-5-6-13(10-15)12(2)3)19-16-11-14(21)8-9-17(16)23-18(19)20(22)24/h5-12,23H,4H2,1-3H3,(H2,22,24). The van der Waals surface area contributed by atoms with Gasteiger partial charge in [-0.15, -0.1) is 0 Å². The van der Waals surface area contributed by atoms with Crippen molar-refractivity contribution in [1.82, 2.24) is 4.98 Å². The molecule has 1 amide bonds. The zero-order valence-electron chi connectivity index (χ0n) is 15.5. The number of aromatic nitrogens is 1. The lowest BCUT2D eigenvalue weighted by atomic mass is 10.0. The van der Waals surface area contributed by atoms with Crippen LogP contribution < -0.4 is 16.3 Å². The zero-order valence-corrected chi connectivity index (χ0v) is 17.1. The quantitative estimate of drug-likeness (QED) is 0.600. The van der Waals surface area contributed by atoms with Crippen LogP contribution in [0.1, 0.15) is 42.7 Å². The first kappa shape index (κ1) is 19.7. The minimum absolute atomic E-state index is 0.0824. The number of halogens is 1. The number of H-pyrrole nitrogens is 1. The third-order valence-corrected chi connectivity index (χ3v) is 7.33. The van der Waals surface area contributed by atoms with Crippen molar-refractivity contribution in [3.05, 3.63) is 58.7 Å². The highest BCUT2D eigenvalue weighted by atomic mass is 35.5. The number of hydrogen-bond acceptors (Lipinski definition) is 3. The molecule has 2 aromatic carbocycles. The van der Waals surface area contributed by atoms with Crippen LogP contribution >= 0.6 is 19.0 Å². The van der Waals surface area contributed by atoms with Gasteiger partial charge in [0.2, 0.25) is 0 Å². The fraction of sp³-hybridized carbons (Fsp3) is 0.250. The molecule has 7 heteroatoms. The van der Waals surface area contributed by atoms with Gasteiger partial charge in [0.1, 0.15) is 5.69 Å². The van der Waals surface area contributed by atoms with Crippen LogP contribution in [0.5, 0.6) is 0 Å². The summed E-state index contributed by atoms with van der Waals surface area (Å²) in [6.07, 6.45) is 0. The number of rotatable bonds is 6. The van der Waals surface area contributed by atoms with Gasteiger partial charge in [-0.25, -0.2) is 0 Å². The van der Waals surface area contributed by atoms with E-state index in [0.29, 0.717) is 21.2 Å². The predicted octanol–water partition coefficient (Wildman–Crippen LogP) is 4.31. The lowest BCUT2D eigenvalue weighted by molar-refractivity contribution is 0.0997. The molecule has 0 spiro atoms. The van der Waals surface area contributed by atoms with Crippen molar-refractivity contribution in [3.63, 3.8) is 0 Å². The fourth-order valence-electron chi connectivity index (χ4n) is 3.15. The number of nitrogens with two attached hydrogens (primary N) is 1. The molecule has 3 N–H and O–H groups in total. The highest BCUT2D eigenvalue weighted by Gasteiger charge is 2.36. The maximum atomic E-state index is 14.2. The van der Waals surface area contributed by atoms with E-state index in [9.17, 15) is 9.36 Å². The highest BCUT2D eigenvalue weighted by molar-refractivity contribution is 7.75. The fourth-order valence-corrected chi connectivity index (χ4v) is 5.79. The lowest BCUT2D eigenvalue weighted by Gasteiger charge is -2.20. The van der Waals surface area contributed by atoms with Crippen molar-refractivity contribution >= 4 is 46.4 Å². The van der Waals surface area contributed by atoms with Crippen LogP contribution in [0.25, 0.3) is 10.9 Å². The van der Waals surface area contributed by atoms with E-state index in [1.54, 1.807) is 31.2 Å². The summed E-state index contributed by atoms with van der Waals surface area (Å²) in [4.78, 5) is 15.1. The number of hydrogen-bond donors (Lipinski definition) is 2. The molecule has 1 atom stereocenters. The number of aromatic amines is 1. The Morgan fingerprint density at radius 2 is 2.00 bits per heavy atom. The normalized spacial score (nSPS) is 13.8. The molecular weight excluding hydrogens is 383 g/mol. The molecule has 0 saturated heterocycles. The summed E-state index contributed by atoms with van der Waals surface area (Å²) in [5.74, 6) is -0.440. The molecule has 0 saturated carbocycles. The topological polar surface area (TPSA) is 85.2 Å². The van der Waals surface area contributed by atoms with Crippen LogP contribution in [0.4, 0.5) is 0 Å². The van der Waals surface area contributed by atoms with Crippen LogP contribution in [0, 0.1) is 0 Å². The van der Waals surface area contributed by atoms with Crippen molar-refractivity contribution in [1.29, 1.82) is 0 Å². The van der Waals surface area contributed by atoms with Crippen LogP contribution in [-0.4, -0.2) is 17.5 Å². The van der Waals surface area contributed by atoms with E-state index in [4.69, 9.17) is 21.9 Å². The van der Waals surface area contributed by atoms with E-state index in [2.05, 4.69) is 18.8 Å². The van der Waals surface area contributed by atoms with Gasteiger partial charge in [0.25, 0.3) is 13.3 Å². The molecule has 0 fully saturated rings. The Kier molecular flexibility index (Phi) is 5.48. The second-order valence-corrected chi connectivity index (χ2v) is 9.38. The molecule has 1 aromatic heterocycles. The van der Waals surface area contributed by atoms with E-state index < -0.39 is 13.3 Å². The Hall–Kier alpha value is -2.07. The summed E-state index contributed by atoms with van der Waals surface area (Å²) in [7, 11) is -3.59. The zero-order chi connectivity index (χ0) is 19.8. The minimum atomic E-state index is -3.59.